The second-order valence-corrected chi connectivity index (χ2v) is 10.4. The number of carbonyl (C=O) groups excluding carboxylic acids is 2. The topological polar surface area (TPSA) is 98.1 Å². The van der Waals surface area contributed by atoms with Crippen LogP contribution in [0.2, 0.25) is 0 Å². The molecule has 0 aliphatic heterocycles. The first kappa shape index (κ1) is 27.0. The first-order valence-corrected chi connectivity index (χ1v) is 13.3. The third-order valence-electron chi connectivity index (χ3n) is 5.45. The third kappa shape index (κ3) is 7.44. The molecular formula is C25H30IN5O3S. The number of hydrogen-bond acceptors (Lipinski definition) is 6. The number of anilines is 1. The Hall–Kier alpha value is -2.60. The molecule has 0 fully saturated rings. The van der Waals surface area contributed by atoms with E-state index in [0.29, 0.717) is 16.7 Å². The fourth-order valence-electron chi connectivity index (χ4n) is 3.41. The SMILES string of the molecule is CCc1ccc(O[C@H](C)C(=O)NCc2nnc(SCC(=O)Nc3c(C)cc(I)cc3C)n2C)cc1. The van der Waals surface area contributed by atoms with Crippen LogP contribution in [-0.4, -0.2) is 38.4 Å². The molecule has 35 heavy (non-hydrogen) atoms. The Balaban J connectivity index is 1.49. The number of thioether (sulfide) groups is 1. The van der Waals surface area contributed by atoms with Gasteiger partial charge in [-0.2, -0.15) is 0 Å². The van der Waals surface area contributed by atoms with Crippen molar-refractivity contribution in [1.29, 1.82) is 0 Å². The highest BCUT2D eigenvalue weighted by Crippen LogP contribution is 2.24. The molecular weight excluding hydrogens is 577 g/mol. The molecule has 2 aromatic carbocycles. The first-order valence-electron chi connectivity index (χ1n) is 11.3. The maximum absolute atomic E-state index is 12.5. The highest BCUT2D eigenvalue weighted by Gasteiger charge is 2.17. The molecule has 3 aromatic rings. The molecule has 1 heterocycles. The molecule has 2 amide bonds. The summed E-state index contributed by atoms with van der Waals surface area (Å²) in [5.74, 6) is 1.08. The van der Waals surface area contributed by atoms with Gasteiger partial charge in [0.1, 0.15) is 5.75 Å². The lowest BCUT2D eigenvalue weighted by Crippen LogP contribution is -2.36. The van der Waals surface area contributed by atoms with E-state index in [1.165, 1.54) is 17.3 Å². The summed E-state index contributed by atoms with van der Waals surface area (Å²) in [7, 11) is 1.81. The first-order chi connectivity index (χ1) is 16.7. The van der Waals surface area contributed by atoms with Crippen molar-refractivity contribution < 1.29 is 14.3 Å². The predicted molar refractivity (Wildman–Crippen MR) is 147 cm³/mol. The van der Waals surface area contributed by atoms with Crippen molar-refractivity contribution in [3.63, 3.8) is 0 Å². The van der Waals surface area contributed by atoms with Crippen LogP contribution in [0.15, 0.2) is 41.6 Å². The van der Waals surface area contributed by atoms with E-state index in [-0.39, 0.29) is 24.1 Å². The van der Waals surface area contributed by atoms with Gasteiger partial charge in [-0.1, -0.05) is 30.8 Å². The van der Waals surface area contributed by atoms with Crippen LogP contribution >= 0.6 is 34.4 Å². The van der Waals surface area contributed by atoms with Gasteiger partial charge in [-0.3, -0.25) is 9.59 Å². The molecule has 1 aromatic heterocycles. The summed E-state index contributed by atoms with van der Waals surface area (Å²) in [6, 6.07) is 11.8. The standard InChI is InChI=1S/C25H30IN5O3S/c1-6-18-7-9-20(10-8-18)34-17(4)24(33)27-13-21-29-30-25(31(21)5)35-14-22(32)28-23-15(2)11-19(26)12-16(23)3/h7-12,17H,6,13-14H2,1-5H3,(H,27,33)(H,28,32)/t17-/m1/s1. The molecule has 0 saturated carbocycles. The van der Waals surface area contributed by atoms with Crippen LogP contribution in [0.1, 0.15) is 36.4 Å². The van der Waals surface area contributed by atoms with Crippen molar-refractivity contribution in [3.05, 3.63) is 62.5 Å². The van der Waals surface area contributed by atoms with E-state index in [9.17, 15) is 9.59 Å². The number of carbonyl (C=O) groups is 2. The van der Waals surface area contributed by atoms with Crippen molar-refractivity contribution in [3.8, 4) is 5.75 Å². The second kappa shape index (κ2) is 12.4. The van der Waals surface area contributed by atoms with Gasteiger partial charge in [0.25, 0.3) is 5.91 Å². The largest absolute Gasteiger partial charge is 0.481 e. The summed E-state index contributed by atoms with van der Waals surface area (Å²) in [4.78, 5) is 25.0. The van der Waals surface area contributed by atoms with Gasteiger partial charge < -0.3 is 19.9 Å². The lowest BCUT2D eigenvalue weighted by atomic mass is 10.1. The third-order valence-corrected chi connectivity index (χ3v) is 7.10. The Bertz CT molecular complexity index is 1170. The minimum absolute atomic E-state index is 0.113. The fraction of sp³-hybridized carbons (Fsp3) is 0.360. The summed E-state index contributed by atoms with van der Waals surface area (Å²) < 4.78 is 8.64. The van der Waals surface area contributed by atoms with Crippen LogP contribution in [0, 0.1) is 17.4 Å². The van der Waals surface area contributed by atoms with Gasteiger partial charge in [-0.25, -0.2) is 0 Å². The van der Waals surface area contributed by atoms with Crippen molar-refractivity contribution in [2.75, 3.05) is 11.1 Å². The van der Waals surface area contributed by atoms with Crippen molar-refractivity contribution >= 4 is 51.9 Å². The number of nitrogens with one attached hydrogen (secondary N) is 2. The van der Waals surface area contributed by atoms with E-state index >= 15 is 0 Å². The van der Waals surface area contributed by atoms with E-state index in [1.807, 2.05) is 57.3 Å². The molecule has 0 aliphatic carbocycles. The summed E-state index contributed by atoms with van der Waals surface area (Å²) in [6.45, 7) is 7.96. The van der Waals surface area contributed by atoms with Gasteiger partial charge in [0, 0.05) is 16.3 Å². The number of amides is 2. The molecule has 0 saturated heterocycles. The molecule has 2 N–H and O–H groups in total. The zero-order valence-electron chi connectivity index (χ0n) is 20.5. The number of aromatic nitrogens is 3. The Morgan fingerprint density at radius 2 is 1.80 bits per heavy atom. The molecule has 186 valence electrons. The lowest BCUT2D eigenvalue weighted by molar-refractivity contribution is -0.127. The smallest absolute Gasteiger partial charge is 0.261 e. The van der Waals surface area contributed by atoms with Crippen molar-refractivity contribution in [2.24, 2.45) is 7.05 Å². The average molecular weight is 608 g/mol. The summed E-state index contributed by atoms with van der Waals surface area (Å²) in [5, 5.41) is 14.7. The van der Waals surface area contributed by atoms with E-state index < -0.39 is 6.10 Å². The molecule has 0 aliphatic rings. The monoisotopic (exact) mass is 607 g/mol. The second-order valence-electron chi connectivity index (χ2n) is 8.18. The van der Waals surface area contributed by atoms with E-state index in [2.05, 4.69) is 50.3 Å². The Kier molecular flexibility index (Phi) is 9.55. The minimum atomic E-state index is -0.651. The molecule has 3 rings (SSSR count). The molecule has 1 atom stereocenters. The van der Waals surface area contributed by atoms with E-state index in [1.54, 1.807) is 11.5 Å². The van der Waals surface area contributed by atoms with Crippen molar-refractivity contribution in [1.82, 2.24) is 20.1 Å². The van der Waals surface area contributed by atoms with E-state index in [4.69, 9.17) is 4.74 Å². The highest BCUT2D eigenvalue weighted by atomic mass is 127. The average Bonchev–Trinajstić information content (AvgIpc) is 3.18. The maximum atomic E-state index is 12.5. The minimum Gasteiger partial charge on any atom is -0.481 e. The molecule has 8 nitrogen and oxygen atoms in total. The van der Waals surface area contributed by atoms with Gasteiger partial charge in [-0.15, -0.1) is 10.2 Å². The number of halogens is 1. The highest BCUT2D eigenvalue weighted by molar-refractivity contribution is 14.1. The Labute approximate surface area is 223 Å². The maximum Gasteiger partial charge on any atom is 0.261 e. The number of nitrogens with zero attached hydrogens (tertiary/aromatic N) is 3. The normalized spacial score (nSPS) is 11.7. The quantitative estimate of drug-likeness (QED) is 0.262. The molecule has 0 radical (unpaired) electrons. The predicted octanol–water partition coefficient (Wildman–Crippen LogP) is 4.41. The van der Waals surface area contributed by atoms with Gasteiger partial charge in [0.05, 0.1) is 12.3 Å². The zero-order valence-corrected chi connectivity index (χ0v) is 23.5. The van der Waals surface area contributed by atoms with Crippen molar-refractivity contribution in [2.45, 2.75) is 51.9 Å². The number of aryl methyl sites for hydroxylation is 3. The summed E-state index contributed by atoms with van der Waals surface area (Å²) in [6.07, 6.45) is 0.298. The fourth-order valence-corrected chi connectivity index (χ4v) is 5.07. The van der Waals surface area contributed by atoms with E-state index in [0.717, 1.165) is 26.8 Å². The summed E-state index contributed by atoms with van der Waals surface area (Å²) in [5.41, 5.74) is 4.11. The van der Waals surface area contributed by atoms with Crippen LogP contribution in [0.4, 0.5) is 5.69 Å². The number of benzene rings is 2. The Morgan fingerprint density at radius 1 is 1.14 bits per heavy atom. The number of ether oxygens (including phenoxy) is 1. The number of rotatable bonds is 10. The zero-order chi connectivity index (χ0) is 25.5. The van der Waals surface area contributed by atoms with Gasteiger partial charge in [0.15, 0.2) is 17.1 Å². The molecule has 0 bridgehead atoms. The van der Waals surface area contributed by atoms with Crippen LogP contribution in [0.3, 0.4) is 0 Å². The molecule has 10 heteroatoms. The van der Waals surface area contributed by atoms with Gasteiger partial charge in [0.2, 0.25) is 5.91 Å². The Morgan fingerprint density at radius 3 is 2.43 bits per heavy atom. The van der Waals surface area contributed by atoms with Crippen LogP contribution < -0.4 is 15.4 Å². The van der Waals surface area contributed by atoms with Crippen LogP contribution in [0.5, 0.6) is 5.75 Å². The number of hydrogen-bond donors (Lipinski definition) is 2. The van der Waals surface area contributed by atoms with Gasteiger partial charge >= 0.3 is 0 Å². The van der Waals surface area contributed by atoms with Crippen LogP contribution in [-0.2, 0) is 29.6 Å². The van der Waals surface area contributed by atoms with Gasteiger partial charge in [-0.05, 0) is 90.7 Å². The van der Waals surface area contributed by atoms with Crippen LogP contribution in [0.25, 0.3) is 0 Å². The molecule has 0 unspecified atom stereocenters. The molecule has 0 spiro atoms. The summed E-state index contributed by atoms with van der Waals surface area (Å²) >= 11 is 3.56. The lowest BCUT2D eigenvalue weighted by Gasteiger charge is -2.15.